The van der Waals surface area contributed by atoms with Gasteiger partial charge in [0.2, 0.25) is 0 Å². The Kier molecular flexibility index (Phi) is 4.11. The van der Waals surface area contributed by atoms with Crippen molar-refractivity contribution in [3.05, 3.63) is 46.3 Å². The molecule has 0 aliphatic heterocycles. The number of halogens is 1. The fourth-order valence-corrected chi connectivity index (χ4v) is 1.85. The summed E-state index contributed by atoms with van der Waals surface area (Å²) in [5.41, 5.74) is 2.18. The van der Waals surface area contributed by atoms with Crippen molar-refractivity contribution in [2.45, 2.75) is 6.92 Å². The lowest BCUT2D eigenvalue weighted by molar-refractivity contribution is 0.0593. The van der Waals surface area contributed by atoms with E-state index < -0.39 is 5.97 Å². The Morgan fingerprint density at radius 2 is 2.11 bits per heavy atom. The number of nitrogens with one attached hydrogen (secondary N) is 1. The van der Waals surface area contributed by atoms with E-state index in [0.717, 1.165) is 15.7 Å². The number of hydrogen-bond acceptors (Lipinski definition) is 5. The Bertz CT molecular complexity index is 599. The third-order valence-corrected chi connectivity index (χ3v) is 3.44. The highest BCUT2D eigenvalue weighted by atomic mass is 79.9. The second-order valence-electron chi connectivity index (χ2n) is 3.82. The number of carbonyl (C=O) groups excluding carboxylic acids is 1. The van der Waals surface area contributed by atoms with Gasteiger partial charge in [-0.1, -0.05) is 22.0 Å². The average Bonchev–Trinajstić information content (AvgIpc) is 2.44. The molecular formula is C13H12BrN3O2. The van der Waals surface area contributed by atoms with Crippen LogP contribution in [0.4, 0.5) is 11.5 Å². The molecule has 0 unspecified atom stereocenters. The van der Waals surface area contributed by atoms with Crippen LogP contribution in [0.2, 0.25) is 0 Å². The van der Waals surface area contributed by atoms with Gasteiger partial charge in [0.05, 0.1) is 19.5 Å². The highest BCUT2D eigenvalue weighted by molar-refractivity contribution is 9.10. The van der Waals surface area contributed by atoms with Crippen LogP contribution in [-0.2, 0) is 4.74 Å². The van der Waals surface area contributed by atoms with Gasteiger partial charge in [-0.3, -0.25) is 0 Å². The highest BCUT2D eigenvalue weighted by Gasteiger charge is 2.08. The Balaban J connectivity index is 2.20. The molecule has 0 radical (unpaired) electrons. The van der Waals surface area contributed by atoms with Crippen LogP contribution in [0.5, 0.6) is 0 Å². The molecule has 0 saturated heterocycles. The number of methoxy groups -OCH3 is 1. The molecule has 1 aromatic carbocycles. The first kappa shape index (κ1) is 13.5. The number of anilines is 2. The van der Waals surface area contributed by atoms with E-state index in [2.05, 4.69) is 36.0 Å². The lowest BCUT2D eigenvalue weighted by Crippen LogP contribution is -2.06. The zero-order chi connectivity index (χ0) is 13.8. The number of nitrogens with zero attached hydrogens (tertiary/aromatic N) is 2. The van der Waals surface area contributed by atoms with Crippen LogP contribution in [0.1, 0.15) is 16.1 Å². The summed E-state index contributed by atoms with van der Waals surface area (Å²) in [6.07, 6.45) is 2.87. The summed E-state index contributed by atoms with van der Waals surface area (Å²) < 4.78 is 5.57. The van der Waals surface area contributed by atoms with Gasteiger partial charge in [0.15, 0.2) is 5.69 Å². The summed E-state index contributed by atoms with van der Waals surface area (Å²) in [5.74, 6) is 0.0616. The largest absolute Gasteiger partial charge is 0.464 e. The topological polar surface area (TPSA) is 64.1 Å². The molecule has 0 atom stereocenters. The summed E-state index contributed by atoms with van der Waals surface area (Å²) in [7, 11) is 1.31. The number of carbonyl (C=O) groups is 1. The van der Waals surface area contributed by atoms with Crippen LogP contribution in [-0.4, -0.2) is 23.0 Å². The van der Waals surface area contributed by atoms with Gasteiger partial charge in [-0.15, -0.1) is 0 Å². The minimum absolute atomic E-state index is 0.180. The second kappa shape index (κ2) is 5.79. The summed E-state index contributed by atoms with van der Waals surface area (Å²) in [6, 6.07) is 5.83. The monoisotopic (exact) mass is 321 g/mol. The first-order valence-corrected chi connectivity index (χ1v) is 6.33. The highest BCUT2D eigenvalue weighted by Crippen LogP contribution is 2.25. The normalized spacial score (nSPS) is 10.1. The van der Waals surface area contributed by atoms with Crippen molar-refractivity contribution in [3.8, 4) is 0 Å². The minimum atomic E-state index is -0.502. The Hall–Kier alpha value is -1.95. The molecular weight excluding hydrogens is 310 g/mol. The van der Waals surface area contributed by atoms with Gasteiger partial charge in [0.1, 0.15) is 5.82 Å². The number of rotatable bonds is 3. The van der Waals surface area contributed by atoms with Crippen LogP contribution in [0, 0.1) is 6.92 Å². The van der Waals surface area contributed by atoms with Crippen molar-refractivity contribution >= 4 is 33.4 Å². The first-order valence-electron chi connectivity index (χ1n) is 5.54. The van der Waals surface area contributed by atoms with Crippen molar-refractivity contribution < 1.29 is 9.53 Å². The molecule has 1 N–H and O–H groups in total. The maximum Gasteiger partial charge on any atom is 0.358 e. The number of ether oxygens (including phenoxy) is 1. The molecule has 0 fully saturated rings. The maximum atomic E-state index is 11.2. The lowest BCUT2D eigenvalue weighted by atomic mass is 10.2. The maximum absolute atomic E-state index is 11.2. The number of hydrogen-bond donors (Lipinski definition) is 1. The quantitative estimate of drug-likeness (QED) is 0.880. The first-order chi connectivity index (χ1) is 9.11. The van der Waals surface area contributed by atoms with Crippen molar-refractivity contribution in [1.82, 2.24) is 9.97 Å². The van der Waals surface area contributed by atoms with Gasteiger partial charge >= 0.3 is 5.97 Å². The van der Waals surface area contributed by atoms with Gasteiger partial charge in [-0.2, -0.15) is 0 Å². The third kappa shape index (κ3) is 3.08. The molecule has 0 saturated carbocycles. The summed E-state index contributed by atoms with van der Waals surface area (Å²) in [4.78, 5) is 19.3. The van der Waals surface area contributed by atoms with Gasteiger partial charge in [-0.05, 0) is 24.6 Å². The minimum Gasteiger partial charge on any atom is -0.464 e. The standard InChI is InChI=1S/C13H12BrN3O2/c1-8-9(14)4-3-5-10(8)17-12-7-15-11(6-16-12)13(18)19-2/h3-7H,1-2H3,(H,16,17). The van der Waals surface area contributed by atoms with Crippen molar-refractivity contribution in [2.75, 3.05) is 12.4 Å². The second-order valence-corrected chi connectivity index (χ2v) is 4.67. The molecule has 2 aromatic rings. The Labute approximate surface area is 119 Å². The SMILES string of the molecule is COC(=O)c1cnc(Nc2cccc(Br)c2C)cn1. The van der Waals surface area contributed by atoms with Crippen LogP contribution in [0.15, 0.2) is 35.1 Å². The zero-order valence-corrected chi connectivity index (χ0v) is 12.1. The van der Waals surface area contributed by atoms with Crippen molar-refractivity contribution in [1.29, 1.82) is 0 Å². The van der Waals surface area contributed by atoms with E-state index in [4.69, 9.17) is 0 Å². The molecule has 98 valence electrons. The van der Waals surface area contributed by atoms with E-state index in [1.54, 1.807) is 0 Å². The Morgan fingerprint density at radius 1 is 1.32 bits per heavy atom. The molecule has 6 heteroatoms. The van der Waals surface area contributed by atoms with Crippen molar-refractivity contribution in [2.24, 2.45) is 0 Å². The molecule has 0 aliphatic rings. The van der Waals surface area contributed by atoms with Gasteiger partial charge in [0, 0.05) is 10.2 Å². The number of aromatic nitrogens is 2. The molecule has 5 nitrogen and oxygen atoms in total. The molecule has 0 spiro atoms. The van der Waals surface area contributed by atoms with Gasteiger partial charge in [-0.25, -0.2) is 14.8 Å². The predicted octanol–water partition coefficient (Wildman–Crippen LogP) is 3.08. The Morgan fingerprint density at radius 3 is 2.74 bits per heavy atom. The smallest absolute Gasteiger partial charge is 0.358 e. The third-order valence-electron chi connectivity index (χ3n) is 2.58. The number of benzene rings is 1. The van der Waals surface area contributed by atoms with E-state index >= 15 is 0 Å². The molecule has 0 aliphatic carbocycles. The lowest BCUT2D eigenvalue weighted by Gasteiger charge is -2.09. The van der Waals surface area contributed by atoms with Crippen molar-refractivity contribution in [3.63, 3.8) is 0 Å². The molecule has 0 amide bonds. The summed E-state index contributed by atoms with van der Waals surface area (Å²) >= 11 is 3.46. The van der Waals surface area contributed by atoms with Gasteiger partial charge in [0.25, 0.3) is 0 Å². The van der Waals surface area contributed by atoms with E-state index in [0.29, 0.717) is 5.82 Å². The molecule has 1 heterocycles. The van der Waals surface area contributed by atoms with Crippen LogP contribution >= 0.6 is 15.9 Å². The molecule has 0 bridgehead atoms. The summed E-state index contributed by atoms with van der Waals surface area (Å²) in [5, 5.41) is 3.14. The fourth-order valence-electron chi connectivity index (χ4n) is 1.48. The van der Waals surface area contributed by atoms with E-state index in [-0.39, 0.29) is 5.69 Å². The van der Waals surface area contributed by atoms with E-state index in [1.165, 1.54) is 19.5 Å². The molecule has 1 aromatic heterocycles. The average molecular weight is 322 g/mol. The zero-order valence-electron chi connectivity index (χ0n) is 10.5. The predicted molar refractivity (Wildman–Crippen MR) is 75.5 cm³/mol. The van der Waals surface area contributed by atoms with Crippen LogP contribution < -0.4 is 5.32 Å². The number of esters is 1. The fraction of sp³-hybridized carbons (Fsp3) is 0.154. The molecule has 19 heavy (non-hydrogen) atoms. The summed E-state index contributed by atoms with van der Waals surface area (Å²) in [6.45, 7) is 1.99. The van der Waals surface area contributed by atoms with E-state index in [9.17, 15) is 4.79 Å². The van der Waals surface area contributed by atoms with Gasteiger partial charge < -0.3 is 10.1 Å². The molecule has 2 rings (SSSR count). The van der Waals surface area contributed by atoms with Crippen LogP contribution in [0.3, 0.4) is 0 Å². The van der Waals surface area contributed by atoms with Crippen LogP contribution in [0.25, 0.3) is 0 Å². The van der Waals surface area contributed by atoms with E-state index in [1.807, 2.05) is 25.1 Å².